The number of methoxy groups -OCH3 is 1. The molecule has 5 heteroatoms. The zero-order chi connectivity index (χ0) is 14.5. The van der Waals surface area contributed by atoms with Crippen LogP contribution in [-0.4, -0.2) is 13.1 Å². The van der Waals surface area contributed by atoms with Gasteiger partial charge in [-0.15, -0.1) is 0 Å². The third-order valence-electron chi connectivity index (χ3n) is 2.67. The van der Waals surface area contributed by atoms with Gasteiger partial charge in [-0.05, 0) is 24.3 Å². The van der Waals surface area contributed by atoms with E-state index in [1.807, 2.05) is 0 Å². The maximum absolute atomic E-state index is 13.0. The minimum atomic E-state index is -0.495. The summed E-state index contributed by atoms with van der Waals surface area (Å²) in [5.41, 5.74) is 0.946. The summed E-state index contributed by atoms with van der Waals surface area (Å²) in [5, 5.41) is 0.430. The molecule has 0 fully saturated rings. The van der Waals surface area contributed by atoms with Gasteiger partial charge in [0, 0.05) is 16.7 Å². The van der Waals surface area contributed by atoms with Gasteiger partial charge in [-0.1, -0.05) is 23.7 Å². The number of ether oxygens (including phenoxy) is 2. The van der Waals surface area contributed by atoms with Crippen LogP contribution in [0.2, 0.25) is 5.02 Å². The summed E-state index contributed by atoms with van der Waals surface area (Å²) in [5.74, 6) is -0.493. The molecule has 0 aliphatic carbocycles. The van der Waals surface area contributed by atoms with Gasteiger partial charge in [0.25, 0.3) is 0 Å². The van der Waals surface area contributed by atoms with Crippen molar-refractivity contribution in [3.8, 4) is 5.75 Å². The quantitative estimate of drug-likeness (QED) is 0.804. The lowest BCUT2D eigenvalue weighted by Gasteiger charge is -2.10. The average Bonchev–Trinajstić information content (AvgIpc) is 2.45. The van der Waals surface area contributed by atoms with Crippen LogP contribution in [-0.2, 0) is 11.3 Å². The summed E-state index contributed by atoms with van der Waals surface area (Å²) in [6.07, 6.45) is 0. The second-order valence-corrected chi connectivity index (χ2v) is 4.48. The molecule has 104 valence electrons. The predicted molar refractivity (Wildman–Crippen MR) is 73.5 cm³/mol. The number of benzene rings is 2. The minimum Gasteiger partial charge on any atom is -0.489 e. The van der Waals surface area contributed by atoms with Crippen LogP contribution in [0, 0.1) is 5.82 Å². The molecule has 0 radical (unpaired) electrons. The molecule has 0 N–H and O–H groups in total. The molecule has 0 unspecified atom stereocenters. The predicted octanol–water partition coefficient (Wildman–Crippen LogP) is 3.84. The van der Waals surface area contributed by atoms with E-state index in [1.165, 1.54) is 25.3 Å². The number of halogens is 2. The van der Waals surface area contributed by atoms with Gasteiger partial charge in [0.05, 0.1) is 12.7 Å². The number of carbonyl (C=O) groups is 1. The van der Waals surface area contributed by atoms with Crippen molar-refractivity contribution in [2.45, 2.75) is 6.61 Å². The molecule has 0 bridgehead atoms. The molecule has 3 nitrogen and oxygen atoms in total. The average molecular weight is 295 g/mol. The first-order chi connectivity index (χ1) is 9.60. The third kappa shape index (κ3) is 3.48. The van der Waals surface area contributed by atoms with Crippen LogP contribution in [0.15, 0.2) is 42.5 Å². The highest BCUT2D eigenvalue weighted by Gasteiger charge is 2.13. The van der Waals surface area contributed by atoms with Crippen LogP contribution in [0.1, 0.15) is 15.9 Å². The van der Waals surface area contributed by atoms with Gasteiger partial charge in [0.15, 0.2) is 0 Å². The van der Waals surface area contributed by atoms with Gasteiger partial charge in [0.1, 0.15) is 18.2 Å². The largest absolute Gasteiger partial charge is 0.489 e. The molecule has 0 saturated heterocycles. The molecule has 0 amide bonds. The van der Waals surface area contributed by atoms with Crippen LogP contribution < -0.4 is 4.74 Å². The summed E-state index contributed by atoms with van der Waals surface area (Å²) in [7, 11) is 1.29. The van der Waals surface area contributed by atoms with Crippen LogP contribution in [0.3, 0.4) is 0 Å². The first kappa shape index (κ1) is 14.3. The molecule has 0 aromatic heterocycles. The number of rotatable bonds is 4. The zero-order valence-electron chi connectivity index (χ0n) is 10.7. The van der Waals surface area contributed by atoms with E-state index in [1.54, 1.807) is 24.3 Å². The SMILES string of the molecule is COC(=O)c1cc(Cl)ccc1COc1cccc(F)c1. The van der Waals surface area contributed by atoms with Crippen molar-refractivity contribution >= 4 is 17.6 Å². The van der Waals surface area contributed by atoms with Gasteiger partial charge < -0.3 is 9.47 Å². The third-order valence-corrected chi connectivity index (χ3v) is 2.90. The second-order valence-electron chi connectivity index (χ2n) is 4.04. The highest BCUT2D eigenvalue weighted by atomic mass is 35.5. The van der Waals surface area contributed by atoms with Crippen molar-refractivity contribution in [1.82, 2.24) is 0 Å². The molecule has 0 saturated carbocycles. The topological polar surface area (TPSA) is 35.5 Å². The van der Waals surface area contributed by atoms with E-state index in [9.17, 15) is 9.18 Å². The Hall–Kier alpha value is -2.07. The Bertz CT molecular complexity index is 628. The lowest BCUT2D eigenvalue weighted by Crippen LogP contribution is -2.08. The Morgan fingerprint density at radius 1 is 1.25 bits per heavy atom. The van der Waals surface area contributed by atoms with Gasteiger partial charge in [-0.2, -0.15) is 0 Å². The van der Waals surface area contributed by atoms with E-state index in [4.69, 9.17) is 16.3 Å². The second kappa shape index (κ2) is 6.39. The molecule has 0 aliphatic rings. The number of esters is 1. The molecule has 2 rings (SSSR count). The van der Waals surface area contributed by atoms with Crippen LogP contribution in [0.25, 0.3) is 0 Å². The van der Waals surface area contributed by atoms with Crippen LogP contribution in [0.5, 0.6) is 5.75 Å². The van der Waals surface area contributed by atoms with Crippen LogP contribution >= 0.6 is 11.6 Å². The van der Waals surface area contributed by atoms with Crippen molar-refractivity contribution in [2.24, 2.45) is 0 Å². The summed E-state index contributed by atoms with van der Waals surface area (Å²) >= 11 is 5.86. The fourth-order valence-electron chi connectivity index (χ4n) is 1.69. The summed E-state index contributed by atoms with van der Waals surface area (Å²) in [6, 6.07) is 10.6. The molecule has 0 aliphatic heterocycles. The Labute approximate surface area is 120 Å². The highest BCUT2D eigenvalue weighted by Crippen LogP contribution is 2.20. The molecule has 20 heavy (non-hydrogen) atoms. The Morgan fingerprint density at radius 3 is 2.75 bits per heavy atom. The molecule has 0 spiro atoms. The van der Waals surface area contributed by atoms with Gasteiger partial charge in [-0.3, -0.25) is 0 Å². The van der Waals surface area contributed by atoms with Crippen LogP contribution in [0.4, 0.5) is 4.39 Å². The Morgan fingerprint density at radius 2 is 2.05 bits per heavy atom. The lowest BCUT2D eigenvalue weighted by molar-refractivity contribution is 0.0597. The maximum Gasteiger partial charge on any atom is 0.338 e. The summed E-state index contributed by atoms with van der Waals surface area (Å²) in [6.45, 7) is 0.116. The first-order valence-electron chi connectivity index (χ1n) is 5.85. The van der Waals surface area contributed by atoms with E-state index in [-0.39, 0.29) is 12.4 Å². The molecule has 2 aromatic carbocycles. The van der Waals surface area contributed by atoms with E-state index in [0.29, 0.717) is 21.9 Å². The highest BCUT2D eigenvalue weighted by molar-refractivity contribution is 6.31. The molecule has 0 atom stereocenters. The summed E-state index contributed by atoms with van der Waals surface area (Å²) in [4.78, 5) is 11.7. The fourth-order valence-corrected chi connectivity index (χ4v) is 1.86. The summed E-state index contributed by atoms with van der Waals surface area (Å²) < 4.78 is 23.2. The minimum absolute atomic E-state index is 0.116. The Balaban J connectivity index is 2.19. The normalized spacial score (nSPS) is 10.2. The van der Waals surface area contributed by atoms with Crippen molar-refractivity contribution in [3.05, 3.63) is 64.4 Å². The number of hydrogen-bond acceptors (Lipinski definition) is 3. The standard InChI is InChI=1S/C15H12ClFO3/c1-19-15(18)14-7-11(16)6-5-10(14)9-20-13-4-2-3-12(17)8-13/h2-8H,9H2,1H3. The van der Waals surface area contributed by atoms with Crippen molar-refractivity contribution < 1.29 is 18.7 Å². The molecule has 0 heterocycles. The van der Waals surface area contributed by atoms with E-state index < -0.39 is 5.97 Å². The zero-order valence-corrected chi connectivity index (χ0v) is 11.5. The van der Waals surface area contributed by atoms with Crippen molar-refractivity contribution in [2.75, 3.05) is 7.11 Å². The van der Waals surface area contributed by atoms with E-state index >= 15 is 0 Å². The molecular formula is C15H12ClFO3. The van der Waals surface area contributed by atoms with Gasteiger partial charge >= 0.3 is 5.97 Å². The van der Waals surface area contributed by atoms with Crippen molar-refractivity contribution in [1.29, 1.82) is 0 Å². The molecule has 2 aromatic rings. The Kier molecular flexibility index (Phi) is 4.58. The van der Waals surface area contributed by atoms with Crippen molar-refractivity contribution in [3.63, 3.8) is 0 Å². The lowest BCUT2D eigenvalue weighted by atomic mass is 10.1. The molecular weight excluding hydrogens is 283 g/mol. The fraction of sp³-hybridized carbons (Fsp3) is 0.133. The smallest absolute Gasteiger partial charge is 0.338 e. The van der Waals surface area contributed by atoms with E-state index in [2.05, 4.69) is 4.74 Å². The van der Waals surface area contributed by atoms with Gasteiger partial charge in [-0.25, -0.2) is 9.18 Å². The number of carbonyl (C=O) groups excluding carboxylic acids is 1. The maximum atomic E-state index is 13.0. The monoisotopic (exact) mass is 294 g/mol. The number of hydrogen-bond donors (Lipinski definition) is 0. The van der Waals surface area contributed by atoms with Gasteiger partial charge in [0.2, 0.25) is 0 Å². The van der Waals surface area contributed by atoms with E-state index in [0.717, 1.165) is 0 Å². The first-order valence-corrected chi connectivity index (χ1v) is 6.23.